The Bertz CT molecular complexity index is 1880. The summed E-state index contributed by atoms with van der Waals surface area (Å²) in [6.07, 6.45) is 1.21. The summed E-state index contributed by atoms with van der Waals surface area (Å²) in [5.74, 6) is 2.90. The van der Waals surface area contributed by atoms with Crippen molar-refractivity contribution < 1.29 is 22.6 Å². The Morgan fingerprint density at radius 3 is 2.26 bits per heavy atom. The van der Waals surface area contributed by atoms with E-state index in [4.69, 9.17) is 14.2 Å². The Morgan fingerprint density at radius 1 is 0.804 bits per heavy atom. The van der Waals surface area contributed by atoms with Gasteiger partial charge in [-0.15, -0.1) is 0 Å². The van der Waals surface area contributed by atoms with Gasteiger partial charge in [-0.25, -0.2) is 8.42 Å². The summed E-state index contributed by atoms with van der Waals surface area (Å²) < 4.78 is 43.0. The summed E-state index contributed by atoms with van der Waals surface area (Å²) in [6, 6.07) is 35.6. The second kappa shape index (κ2) is 14.0. The highest BCUT2D eigenvalue weighted by molar-refractivity contribution is 7.90. The third-order valence-electron chi connectivity index (χ3n) is 8.37. The van der Waals surface area contributed by atoms with Gasteiger partial charge >= 0.3 is 0 Å². The van der Waals surface area contributed by atoms with Crippen molar-refractivity contribution in [1.82, 2.24) is 10.2 Å². The van der Waals surface area contributed by atoms with Gasteiger partial charge in [0.15, 0.2) is 9.84 Å². The van der Waals surface area contributed by atoms with Crippen molar-refractivity contribution in [2.45, 2.75) is 37.4 Å². The highest BCUT2D eigenvalue weighted by atomic mass is 32.2. The van der Waals surface area contributed by atoms with E-state index in [1.165, 1.54) is 6.26 Å². The molecule has 5 aromatic carbocycles. The summed E-state index contributed by atoms with van der Waals surface area (Å²) in [4.78, 5) is 2.73. The maximum Gasteiger partial charge on any atom is 0.175 e. The summed E-state index contributed by atoms with van der Waals surface area (Å²) in [5, 5.41) is 5.40. The maximum atomic E-state index is 12.1. The van der Waals surface area contributed by atoms with Crippen LogP contribution in [0.3, 0.4) is 0 Å². The average molecular weight is 637 g/mol. The lowest BCUT2D eigenvalue weighted by Crippen LogP contribution is -2.55. The van der Waals surface area contributed by atoms with E-state index >= 15 is 0 Å². The standard InChI is InChI=1S/C38H40N2O5S/c1-27-25-40(28(2)24-39-27)21-22-43-32-12-14-33(15-13-32)45-38-36(30-9-17-35(18-10-30)46(3,41)42)19-11-31-23-34(16-20-37(31)38)44-26-29-7-5-4-6-8-29/h4-20,23,27-28,39H,21-22,24-26H2,1-3H3/t27?,28-/m1/s1. The van der Waals surface area contributed by atoms with Crippen LogP contribution in [0.5, 0.6) is 23.0 Å². The summed E-state index contributed by atoms with van der Waals surface area (Å²) in [5.41, 5.74) is 2.80. The van der Waals surface area contributed by atoms with Gasteiger partial charge in [-0.2, -0.15) is 0 Å². The van der Waals surface area contributed by atoms with Crippen LogP contribution in [0.1, 0.15) is 19.4 Å². The minimum atomic E-state index is -3.31. The molecule has 0 aliphatic carbocycles. The molecule has 8 heteroatoms. The highest BCUT2D eigenvalue weighted by Crippen LogP contribution is 2.41. The number of hydrogen-bond donors (Lipinski definition) is 1. The Balaban J connectivity index is 1.24. The van der Waals surface area contributed by atoms with Gasteiger partial charge in [0, 0.05) is 48.9 Å². The van der Waals surface area contributed by atoms with Crippen LogP contribution in [0.2, 0.25) is 0 Å². The number of benzene rings is 5. The van der Waals surface area contributed by atoms with Crippen molar-refractivity contribution in [1.29, 1.82) is 0 Å². The molecule has 1 unspecified atom stereocenters. The van der Waals surface area contributed by atoms with Crippen LogP contribution in [-0.4, -0.2) is 57.9 Å². The lowest BCUT2D eigenvalue weighted by Gasteiger charge is -2.37. The molecule has 7 nitrogen and oxygen atoms in total. The predicted molar refractivity (Wildman–Crippen MR) is 184 cm³/mol. The highest BCUT2D eigenvalue weighted by Gasteiger charge is 2.22. The number of sulfone groups is 1. The van der Waals surface area contributed by atoms with Gasteiger partial charge in [-0.05, 0) is 91.0 Å². The van der Waals surface area contributed by atoms with E-state index in [0.29, 0.717) is 36.8 Å². The largest absolute Gasteiger partial charge is 0.492 e. The van der Waals surface area contributed by atoms with Gasteiger partial charge in [0.25, 0.3) is 0 Å². The molecule has 1 aliphatic heterocycles. The van der Waals surface area contributed by atoms with Gasteiger partial charge in [0.05, 0.1) is 4.90 Å². The van der Waals surface area contributed by atoms with Gasteiger partial charge in [0.2, 0.25) is 0 Å². The predicted octanol–water partition coefficient (Wildman–Crippen LogP) is 7.34. The number of rotatable bonds is 11. The zero-order valence-electron chi connectivity index (χ0n) is 26.5. The minimum Gasteiger partial charge on any atom is -0.492 e. The molecule has 0 spiro atoms. The van der Waals surface area contributed by atoms with Crippen LogP contribution in [0.25, 0.3) is 21.9 Å². The van der Waals surface area contributed by atoms with Crippen LogP contribution in [-0.2, 0) is 16.4 Å². The molecular formula is C38H40N2O5S. The van der Waals surface area contributed by atoms with E-state index < -0.39 is 9.84 Å². The first kappa shape index (κ1) is 31.6. The van der Waals surface area contributed by atoms with E-state index in [-0.39, 0.29) is 4.90 Å². The van der Waals surface area contributed by atoms with Crippen LogP contribution >= 0.6 is 0 Å². The van der Waals surface area contributed by atoms with Gasteiger partial charge in [-0.3, -0.25) is 4.90 Å². The molecule has 0 saturated carbocycles. The third-order valence-corrected chi connectivity index (χ3v) is 9.50. The van der Waals surface area contributed by atoms with E-state index in [2.05, 4.69) is 24.1 Å². The second-order valence-electron chi connectivity index (χ2n) is 12.0. The molecule has 1 saturated heterocycles. The molecule has 1 heterocycles. The van der Waals surface area contributed by atoms with Crippen molar-refractivity contribution in [2.75, 3.05) is 32.5 Å². The molecule has 0 aromatic heterocycles. The number of nitrogens with zero attached hydrogens (tertiary/aromatic N) is 1. The quantitative estimate of drug-likeness (QED) is 0.163. The van der Waals surface area contributed by atoms with E-state index in [1.54, 1.807) is 12.1 Å². The van der Waals surface area contributed by atoms with Crippen LogP contribution < -0.4 is 19.5 Å². The van der Waals surface area contributed by atoms with E-state index in [9.17, 15) is 8.42 Å². The fourth-order valence-electron chi connectivity index (χ4n) is 5.74. The number of hydrogen-bond acceptors (Lipinski definition) is 7. The first-order chi connectivity index (χ1) is 22.2. The van der Waals surface area contributed by atoms with Crippen LogP contribution in [0, 0.1) is 0 Å². The van der Waals surface area contributed by atoms with Gasteiger partial charge in [0.1, 0.15) is 36.2 Å². The van der Waals surface area contributed by atoms with E-state index in [1.807, 2.05) is 97.1 Å². The SMILES string of the molecule is CC1CN(CCOc2ccc(Oc3c(-c4ccc(S(C)(=O)=O)cc4)ccc4cc(OCc5ccccc5)ccc34)cc2)[C@H](C)CN1. The lowest BCUT2D eigenvalue weighted by molar-refractivity contribution is 0.123. The van der Waals surface area contributed by atoms with Crippen molar-refractivity contribution in [3.05, 3.63) is 115 Å². The molecule has 46 heavy (non-hydrogen) atoms. The summed E-state index contributed by atoms with van der Waals surface area (Å²) in [7, 11) is -3.31. The normalized spacial score (nSPS) is 17.1. The summed E-state index contributed by atoms with van der Waals surface area (Å²) >= 11 is 0. The molecule has 5 aromatic rings. The molecule has 1 aliphatic rings. The first-order valence-corrected chi connectivity index (χ1v) is 17.5. The zero-order chi connectivity index (χ0) is 32.1. The van der Waals surface area contributed by atoms with Crippen molar-refractivity contribution >= 4 is 20.6 Å². The fourth-order valence-corrected chi connectivity index (χ4v) is 6.37. The Labute approximate surface area is 271 Å². The number of nitrogens with one attached hydrogen (secondary N) is 1. The Hall–Kier alpha value is -4.37. The van der Waals surface area contributed by atoms with Crippen molar-refractivity contribution in [2.24, 2.45) is 0 Å². The maximum absolute atomic E-state index is 12.1. The zero-order valence-corrected chi connectivity index (χ0v) is 27.3. The van der Waals surface area contributed by atoms with Gasteiger partial charge in [-0.1, -0.05) is 48.5 Å². The minimum absolute atomic E-state index is 0.274. The Morgan fingerprint density at radius 2 is 1.52 bits per heavy atom. The monoisotopic (exact) mass is 636 g/mol. The van der Waals surface area contributed by atoms with Crippen molar-refractivity contribution in [3.8, 4) is 34.1 Å². The molecule has 238 valence electrons. The second-order valence-corrected chi connectivity index (χ2v) is 14.0. The molecular weight excluding hydrogens is 596 g/mol. The topological polar surface area (TPSA) is 77.1 Å². The smallest absolute Gasteiger partial charge is 0.175 e. The summed E-state index contributed by atoms with van der Waals surface area (Å²) in [6.45, 7) is 8.43. The molecule has 0 radical (unpaired) electrons. The molecule has 2 atom stereocenters. The van der Waals surface area contributed by atoms with Gasteiger partial charge < -0.3 is 19.5 Å². The number of ether oxygens (including phenoxy) is 3. The third kappa shape index (κ3) is 7.70. The first-order valence-electron chi connectivity index (χ1n) is 15.6. The molecule has 6 rings (SSSR count). The van der Waals surface area contributed by atoms with E-state index in [0.717, 1.165) is 58.6 Å². The Kier molecular flexibility index (Phi) is 9.59. The van der Waals surface area contributed by atoms with Crippen LogP contribution in [0.4, 0.5) is 0 Å². The molecule has 1 N–H and O–H groups in total. The molecule has 0 bridgehead atoms. The van der Waals surface area contributed by atoms with Crippen molar-refractivity contribution in [3.63, 3.8) is 0 Å². The lowest BCUT2D eigenvalue weighted by atomic mass is 9.99. The average Bonchev–Trinajstić information content (AvgIpc) is 3.06. The number of piperazine rings is 1. The fraction of sp³-hybridized carbons (Fsp3) is 0.263. The molecule has 1 fully saturated rings. The number of fused-ring (bicyclic) bond motifs is 1. The van der Waals surface area contributed by atoms with Crippen LogP contribution in [0.15, 0.2) is 114 Å². The molecule has 0 amide bonds.